The van der Waals surface area contributed by atoms with Crippen LogP contribution in [-0.2, 0) is 11.2 Å². The average molecular weight is 265 g/mol. The van der Waals surface area contributed by atoms with Crippen LogP contribution in [0.15, 0.2) is 41.8 Å². The third kappa shape index (κ3) is 2.96. The van der Waals surface area contributed by atoms with Crippen molar-refractivity contribution in [3.8, 4) is 0 Å². The molecule has 0 bridgehead atoms. The second-order valence-electron chi connectivity index (χ2n) is 4.00. The minimum atomic E-state index is -0.282. The first-order valence-electron chi connectivity index (χ1n) is 5.45. The van der Waals surface area contributed by atoms with E-state index in [2.05, 4.69) is 19.1 Å². The first-order chi connectivity index (χ1) is 8.18. The molecule has 0 N–H and O–H groups in total. The van der Waals surface area contributed by atoms with Crippen LogP contribution in [0.4, 0.5) is 0 Å². The highest BCUT2D eigenvalue weighted by Gasteiger charge is 2.20. The fourth-order valence-electron chi connectivity index (χ4n) is 1.84. The number of aryl methyl sites for hydroxylation is 1. The van der Waals surface area contributed by atoms with Crippen LogP contribution >= 0.6 is 22.9 Å². The molecule has 2 rings (SSSR count). The summed E-state index contributed by atoms with van der Waals surface area (Å²) in [5, 5.41) is 1.69. The maximum absolute atomic E-state index is 11.5. The Hall–Kier alpha value is -1.12. The molecule has 1 aromatic heterocycles. The van der Waals surface area contributed by atoms with Gasteiger partial charge in [-0.3, -0.25) is 4.79 Å². The van der Waals surface area contributed by atoms with Crippen molar-refractivity contribution in [1.29, 1.82) is 0 Å². The van der Waals surface area contributed by atoms with Crippen molar-refractivity contribution in [1.82, 2.24) is 0 Å². The highest BCUT2D eigenvalue weighted by atomic mass is 35.5. The summed E-state index contributed by atoms with van der Waals surface area (Å²) in [4.78, 5) is 12.6. The molecule has 0 fully saturated rings. The van der Waals surface area contributed by atoms with Gasteiger partial charge in [-0.25, -0.2) is 0 Å². The highest BCUT2D eigenvalue weighted by Crippen LogP contribution is 2.28. The van der Waals surface area contributed by atoms with E-state index < -0.39 is 0 Å². The molecule has 0 saturated carbocycles. The van der Waals surface area contributed by atoms with E-state index in [0.29, 0.717) is 6.42 Å². The van der Waals surface area contributed by atoms with E-state index in [0.717, 1.165) is 4.88 Å². The lowest BCUT2D eigenvalue weighted by Gasteiger charge is -2.12. The zero-order valence-electron chi connectivity index (χ0n) is 9.52. The maximum atomic E-state index is 11.5. The highest BCUT2D eigenvalue weighted by molar-refractivity contribution is 7.10. The molecule has 0 aliphatic carbocycles. The quantitative estimate of drug-likeness (QED) is 0.759. The van der Waals surface area contributed by atoms with E-state index in [1.807, 2.05) is 29.6 Å². The van der Waals surface area contributed by atoms with Gasteiger partial charge in [0.1, 0.15) is 0 Å². The van der Waals surface area contributed by atoms with Crippen molar-refractivity contribution in [3.05, 3.63) is 57.8 Å². The molecular weight excluding hydrogens is 252 g/mol. The van der Waals surface area contributed by atoms with Crippen LogP contribution in [0, 0.1) is 6.92 Å². The van der Waals surface area contributed by atoms with E-state index in [1.165, 1.54) is 11.1 Å². The number of carbonyl (C=O) groups is 1. The molecule has 2 aromatic rings. The SMILES string of the molecule is Cc1ccccc1CC(C(=O)Cl)c1cccs1. The van der Waals surface area contributed by atoms with Crippen molar-refractivity contribution in [2.24, 2.45) is 0 Å². The third-order valence-electron chi connectivity index (χ3n) is 2.85. The number of carbonyl (C=O) groups excluding carboxylic acids is 1. The summed E-state index contributed by atoms with van der Waals surface area (Å²) in [6.45, 7) is 2.06. The van der Waals surface area contributed by atoms with Gasteiger partial charge in [-0.05, 0) is 47.5 Å². The Balaban J connectivity index is 2.26. The monoisotopic (exact) mass is 264 g/mol. The van der Waals surface area contributed by atoms with Crippen LogP contribution in [0.3, 0.4) is 0 Å². The number of benzene rings is 1. The Morgan fingerprint density at radius 1 is 1.29 bits per heavy atom. The number of hydrogen-bond acceptors (Lipinski definition) is 2. The topological polar surface area (TPSA) is 17.1 Å². The Bertz CT molecular complexity index is 505. The van der Waals surface area contributed by atoms with Crippen LogP contribution < -0.4 is 0 Å². The minimum absolute atomic E-state index is 0.224. The van der Waals surface area contributed by atoms with Crippen LogP contribution in [-0.4, -0.2) is 5.24 Å². The van der Waals surface area contributed by atoms with Gasteiger partial charge in [0.15, 0.2) is 0 Å². The van der Waals surface area contributed by atoms with Crippen molar-refractivity contribution >= 4 is 28.2 Å². The molecule has 0 spiro atoms. The summed E-state index contributed by atoms with van der Waals surface area (Å²) in [6, 6.07) is 12.0. The zero-order valence-corrected chi connectivity index (χ0v) is 11.1. The predicted molar refractivity (Wildman–Crippen MR) is 72.8 cm³/mol. The molecule has 1 heterocycles. The molecule has 0 saturated heterocycles. The summed E-state index contributed by atoms with van der Waals surface area (Å²) in [6.07, 6.45) is 0.676. The van der Waals surface area contributed by atoms with Crippen LogP contribution in [0.1, 0.15) is 21.9 Å². The first kappa shape index (κ1) is 12.3. The second kappa shape index (κ2) is 5.48. The largest absolute Gasteiger partial charge is 0.281 e. The number of hydrogen-bond donors (Lipinski definition) is 0. The molecule has 17 heavy (non-hydrogen) atoms. The Morgan fingerprint density at radius 2 is 2.06 bits per heavy atom. The number of halogens is 1. The average Bonchev–Trinajstić information content (AvgIpc) is 2.81. The van der Waals surface area contributed by atoms with Gasteiger partial charge in [-0.1, -0.05) is 30.3 Å². The fraction of sp³-hybridized carbons (Fsp3) is 0.214. The molecule has 0 amide bonds. The molecule has 1 aromatic carbocycles. The molecule has 0 radical (unpaired) electrons. The predicted octanol–water partition coefficient (Wildman–Crippen LogP) is 4.15. The van der Waals surface area contributed by atoms with E-state index in [1.54, 1.807) is 11.3 Å². The first-order valence-corrected chi connectivity index (χ1v) is 6.71. The molecule has 88 valence electrons. The lowest BCUT2D eigenvalue weighted by Crippen LogP contribution is -2.09. The summed E-state index contributed by atoms with van der Waals surface area (Å²) in [7, 11) is 0. The van der Waals surface area contributed by atoms with Gasteiger partial charge in [0.25, 0.3) is 0 Å². The number of thiophene rings is 1. The molecule has 1 atom stereocenters. The van der Waals surface area contributed by atoms with E-state index in [9.17, 15) is 4.79 Å². The molecular formula is C14H13ClOS. The van der Waals surface area contributed by atoms with Gasteiger partial charge in [-0.2, -0.15) is 0 Å². The van der Waals surface area contributed by atoms with Gasteiger partial charge in [0, 0.05) is 4.88 Å². The van der Waals surface area contributed by atoms with Crippen molar-refractivity contribution in [2.75, 3.05) is 0 Å². The number of rotatable bonds is 4. The second-order valence-corrected chi connectivity index (χ2v) is 5.35. The Labute approximate surface area is 110 Å². The van der Waals surface area contributed by atoms with Crippen molar-refractivity contribution < 1.29 is 4.79 Å². The molecule has 1 unspecified atom stereocenters. The molecule has 1 nitrogen and oxygen atoms in total. The van der Waals surface area contributed by atoms with Gasteiger partial charge in [0.05, 0.1) is 5.92 Å². The lowest BCUT2D eigenvalue weighted by molar-refractivity contribution is -0.112. The van der Waals surface area contributed by atoms with Gasteiger partial charge < -0.3 is 0 Å². The van der Waals surface area contributed by atoms with Crippen LogP contribution in [0.25, 0.3) is 0 Å². The summed E-state index contributed by atoms with van der Waals surface area (Å²) in [5.74, 6) is -0.224. The molecule has 0 aliphatic rings. The zero-order chi connectivity index (χ0) is 12.3. The normalized spacial score (nSPS) is 12.4. The van der Waals surface area contributed by atoms with Crippen molar-refractivity contribution in [2.45, 2.75) is 19.3 Å². The minimum Gasteiger partial charge on any atom is -0.281 e. The smallest absolute Gasteiger partial charge is 0.230 e. The fourth-order valence-corrected chi connectivity index (χ4v) is 2.93. The Morgan fingerprint density at radius 3 is 2.65 bits per heavy atom. The Kier molecular flexibility index (Phi) is 3.97. The van der Waals surface area contributed by atoms with Gasteiger partial charge >= 0.3 is 0 Å². The molecule has 3 heteroatoms. The third-order valence-corrected chi connectivity index (χ3v) is 4.10. The summed E-state index contributed by atoms with van der Waals surface area (Å²) < 4.78 is 0. The van der Waals surface area contributed by atoms with Gasteiger partial charge in [-0.15, -0.1) is 11.3 Å². The van der Waals surface area contributed by atoms with E-state index >= 15 is 0 Å². The van der Waals surface area contributed by atoms with Crippen LogP contribution in [0.5, 0.6) is 0 Å². The van der Waals surface area contributed by atoms with Crippen molar-refractivity contribution in [3.63, 3.8) is 0 Å². The van der Waals surface area contributed by atoms with Gasteiger partial charge in [0.2, 0.25) is 5.24 Å². The van der Waals surface area contributed by atoms with E-state index in [4.69, 9.17) is 11.6 Å². The summed E-state index contributed by atoms with van der Waals surface area (Å²) >= 11 is 7.28. The standard InChI is InChI=1S/C14H13ClOS/c1-10-5-2-3-6-11(10)9-12(14(15)16)13-7-4-8-17-13/h2-8,12H,9H2,1H3. The lowest BCUT2D eigenvalue weighted by atomic mass is 9.96. The van der Waals surface area contributed by atoms with E-state index in [-0.39, 0.29) is 11.2 Å². The summed E-state index contributed by atoms with van der Waals surface area (Å²) in [5.41, 5.74) is 2.38. The molecule has 0 aliphatic heterocycles. The van der Waals surface area contributed by atoms with Crippen LogP contribution in [0.2, 0.25) is 0 Å². The maximum Gasteiger partial charge on any atom is 0.230 e.